The first-order valence-electron chi connectivity index (χ1n) is 7.69. The molecule has 0 amide bonds. The number of hydrogen-bond acceptors (Lipinski definition) is 5. The van der Waals surface area contributed by atoms with Crippen molar-refractivity contribution >= 4 is 35.9 Å². The Bertz CT molecular complexity index is 511. The molecule has 3 N–H and O–H groups in total. The fraction of sp³-hybridized carbons (Fsp3) is 0.714. The fourth-order valence-corrected chi connectivity index (χ4v) is 2.53. The van der Waals surface area contributed by atoms with Gasteiger partial charge in [-0.25, -0.2) is 9.67 Å². The number of nitrogens with one attached hydrogen (secondary N) is 1. The molecule has 9 heteroatoms. The third-order valence-corrected chi connectivity index (χ3v) is 3.72. The molecule has 1 heterocycles. The van der Waals surface area contributed by atoms with Crippen molar-refractivity contribution in [2.45, 2.75) is 57.7 Å². The molecule has 130 valence electrons. The highest BCUT2D eigenvalue weighted by molar-refractivity contribution is 14.0. The third kappa shape index (κ3) is 7.14. The van der Waals surface area contributed by atoms with Gasteiger partial charge in [-0.15, -0.1) is 29.1 Å². The second-order valence-corrected chi connectivity index (χ2v) is 5.52. The standard InChI is InChI=1S/C14H24N6O2.HI/c1-22-13(21)10-20-9-12(18-19-20)8-16-14(15)17-11-6-4-2-3-5-7-11;/h9,11H,2-8,10H2,1H3,(H3,15,16,17);1H. The van der Waals surface area contributed by atoms with E-state index in [1.807, 2.05) is 0 Å². The molecule has 23 heavy (non-hydrogen) atoms. The zero-order valence-corrected chi connectivity index (χ0v) is 15.7. The molecule has 0 bridgehead atoms. The average Bonchev–Trinajstić information content (AvgIpc) is 2.79. The second kappa shape index (κ2) is 10.4. The number of guanidine groups is 1. The van der Waals surface area contributed by atoms with Crippen LogP contribution in [0.15, 0.2) is 11.2 Å². The van der Waals surface area contributed by atoms with Crippen LogP contribution in [-0.4, -0.2) is 40.1 Å². The predicted octanol–water partition coefficient (Wildman–Crippen LogP) is 1.20. The van der Waals surface area contributed by atoms with Crippen molar-refractivity contribution in [3.63, 3.8) is 0 Å². The van der Waals surface area contributed by atoms with Crippen LogP contribution in [-0.2, 0) is 22.6 Å². The molecule has 0 saturated heterocycles. The van der Waals surface area contributed by atoms with Gasteiger partial charge >= 0.3 is 5.97 Å². The third-order valence-electron chi connectivity index (χ3n) is 3.72. The normalized spacial score (nSPS) is 16.3. The molecule has 0 aromatic carbocycles. The zero-order valence-electron chi connectivity index (χ0n) is 13.4. The van der Waals surface area contributed by atoms with E-state index in [0.29, 0.717) is 24.2 Å². The molecule has 1 aromatic heterocycles. The van der Waals surface area contributed by atoms with Gasteiger partial charge in [0.15, 0.2) is 5.96 Å². The van der Waals surface area contributed by atoms with Crippen LogP contribution in [0.25, 0.3) is 0 Å². The lowest BCUT2D eigenvalue weighted by Gasteiger charge is -2.16. The summed E-state index contributed by atoms with van der Waals surface area (Å²) in [5.41, 5.74) is 6.58. The van der Waals surface area contributed by atoms with Crippen molar-refractivity contribution in [2.24, 2.45) is 10.7 Å². The summed E-state index contributed by atoms with van der Waals surface area (Å²) in [7, 11) is 1.34. The van der Waals surface area contributed by atoms with E-state index >= 15 is 0 Å². The Labute approximate surface area is 153 Å². The van der Waals surface area contributed by atoms with Crippen LogP contribution in [0.5, 0.6) is 0 Å². The summed E-state index contributed by atoms with van der Waals surface area (Å²) in [5, 5.41) is 11.1. The number of methoxy groups -OCH3 is 1. The molecular formula is C14H25IN6O2. The van der Waals surface area contributed by atoms with Crippen molar-refractivity contribution in [3.8, 4) is 0 Å². The maximum atomic E-state index is 11.1. The minimum Gasteiger partial charge on any atom is -0.468 e. The van der Waals surface area contributed by atoms with Crippen LogP contribution in [0, 0.1) is 0 Å². The van der Waals surface area contributed by atoms with E-state index < -0.39 is 0 Å². The number of carbonyl (C=O) groups is 1. The minimum atomic E-state index is -0.366. The monoisotopic (exact) mass is 436 g/mol. The lowest BCUT2D eigenvalue weighted by Crippen LogP contribution is -2.39. The molecule has 1 fully saturated rings. The van der Waals surface area contributed by atoms with E-state index in [4.69, 9.17) is 5.73 Å². The molecule has 8 nitrogen and oxygen atoms in total. The average molecular weight is 436 g/mol. The van der Waals surface area contributed by atoms with Crippen molar-refractivity contribution in [1.29, 1.82) is 0 Å². The van der Waals surface area contributed by atoms with Crippen molar-refractivity contribution in [3.05, 3.63) is 11.9 Å². The van der Waals surface area contributed by atoms with Crippen LogP contribution in [0.1, 0.15) is 44.2 Å². The smallest absolute Gasteiger partial charge is 0.327 e. The maximum absolute atomic E-state index is 11.1. The summed E-state index contributed by atoms with van der Waals surface area (Å²) < 4.78 is 5.99. The molecule has 2 rings (SSSR count). The Morgan fingerprint density at radius 2 is 2.13 bits per heavy atom. The van der Waals surface area contributed by atoms with Gasteiger partial charge in [-0.1, -0.05) is 30.9 Å². The lowest BCUT2D eigenvalue weighted by atomic mass is 10.1. The molecule has 0 radical (unpaired) electrons. The van der Waals surface area contributed by atoms with E-state index in [2.05, 4.69) is 25.4 Å². The second-order valence-electron chi connectivity index (χ2n) is 5.52. The highest BCUT2D eigenvalue weighted by Gasteiger charge is 2.12. The Balaban J connectivity index is 0.00000264. The maximum Gasteiger partial charge on any atom is 0.327 e. The van der Waals surface area contributed by atoms with Gasteiger partial charge in [0.2, 0.25) is 0 Å². The van der Waals surface area contributed by atoms with Crippen LogP contribution in [0.2, 0.25) is 0 Å². The lowest BCUT2D eigenvalue weighted by molar-refractivity contribution is -0.141. The van der Waals surface area contributed by atoms with Crippen LogP contribution in [0.4, 0.5) is 0 Å². The molecule has 1 aliphatic carbocycles. The highest BCUT2D eigenvalue weighted by Crippen LogP contribution is 2.16. The quantitative estimate of drug-likeness (QED) is 0.236. The summed E-state index contributed by atoms with van der Waals surface area (Å²) in [6.45, 7) is 0.385. The molecule has 1 saturated carbocycles. The van der Waals surface area contributed by atoms with Gasteiger partial charge in [0.1, 0.15) is 12.2 Å². The van der Waals surface area contributed by atoms with Gasteiger partial charge < -0.3 is 15.8 Å². The molecule has 1 aliphatic rings. The van der Waals surface area contributed by atoms with Gasteiger partial charge in [-0.2, -0.15) is 0 Å². The molecule has 0 aliphatic heterocycles. The van der Waals surface area contributed by atoms with Gasteiger partial charge in [0.25, 0.3) is 0 Å². The number of esters is 1. The number of nitrogens with zero attached hydrogens (tertiary/aromatic N) is 4. The summed E-state index contributed by atoms with van der Waals surface area (Å²) in [6, 6.07) is 0.418. The molecule has 0 spiro atoms. The number of halogens is 1. The molecule has 0 atom stereocenters. The Morgan fingerprint density at radius 1 is 1.43 bits per heavy atom. The van der Waals surface area contributed by atoms with E-state index in [0.717, 1.165) is 12.8 Å². The number of carbonyl (C=O) groups excluding carboxylic acids is 1. The van der Waals surface area contributed by atoms with Gasteiger partial charge in [-0.3, -0.25) is 4.79 Å². The largest absolute Gasteiger partial charge is 0.468 e. The Hall–Kier alpha value is -1.39. The number of aromatic nitrogens is 3. The van der Waals surface area contributed by atoms with Gasteiger partial charge in [0.05, 0.1) is 19.9 Å². The molecule has 1 aromatic rings. The first-order chi connectivity index (χ1) is 10.7. The number of hydrogen-bond donors (Lipinski definition) is 2. The zero-order chi connectivity index (χ0) is 15.8. The van der Waals surface area contributed by atoms with Crippen LogP contribution < -0.4 is 11.1 Å². The van der Waals surface area contributed by atoms with Gasteiger partial charge in [-0.05, 0) is 12.8 Å². The van der Waals surface area contributed by atoms with E-state index in [1.54, 1.807) is 6.20 Å². The minimum absolute atomic E-state index is 0. The first-order valence-corrected chi connectivity index (χ1v) is 7.69. The van der Waals surface area contributed by atoms with Crippen LogP contribution in [0.3, 0.4) is 0 Å². The Morgan fingerprint density at radius 3 is 2.78 bits per heavy atom. The SMILES string of the molecule is COC(=O)Cn1cc(CN=C(N)NC2CCCCCC2)nn1.I. The Kier molecular flexibility index (Phi) is 8.89. The van der Waals surface area contributed by atoms with Crippen LogP contribution >= 0.6 is 24.0 Å². The van der Waals surface area contributed by atoms with Crippen molar-refractivity contribution < 1.29 is 9.53 Å². The molecular weight excluding hydrogens is 411 g/mol. The number of nitrogens with two attached hydrogens (primary N) is 1. The number of aliphatic imine (C=N–C) groups is 1. The topological polar surface area (TPSA) is 107 Å². The van der Waals surface area contributed by atoms with Crippen molar-refractivity contribution in [1.82, 2.24) is 20.3 Å². The fourth-order valence-electron chi connectivity index (χ4n) is 2.53. The molecule has 0 unspecified atom stereocenters. The highest BCUT2D eigenvalue weighted by atomic mass is 127. The van der Waals surface area contributed by atoms with E-state index in [9.17, 15) is 4.79 Å². The van der Waals surface area contributed by atoms with Crippen molar-refractivity contribution in [2.75, 3.05) is 7.11 Å². The van der Waals surface area contributed by atoms with E-state index in [-0.39, 0.29) is 36.5 Å². The first kappa shape index (κ1) is 19.7. The summed E-state index contributed by atoms with van der Waals surface area (Å²) in [5.74, 6) is 0.0731. The summed E-state index contributed by atoms with van der Waals surface area (Å²) >= 11 is 0. The summed E-state index contributed by atoms with van der Waals surface area (Å²) in [4.78, 5) is 15.4. The van der Waals surface area contributed by atoms with E-state index in [1.165, 1.54) is 37.5 Å². The predicted molar refractivity (Wildman–Crippen MR) is 97.4 cm³/mol. The van der Waals surface area contributed by atoms with Gasteiger partial charge in [0, 0.05) is 6.04 Å². The summed E-state index contributed by atoms with van der Waals surface area (Å²) in [6.07, 6.45) is 9.05. The number of ether oxygens (including phenoxy) is 1. The number of rotatable bonds is 5.